The van der Waals surface area contributed by atoms with Crippen LogP contribution in [0.15, 0.2) is 0 Å². The van der Waals surface area contributed by atoms with Crippen molar-refractivity contribution in [2.45, 2.75) is 38.6 Å². The number of rotatable bonds is 2. The van der Waals surface area contributed by atoms with E-state index < -0.39 is 15.6 Å². The number of hydrogen-bond acceptors (Lipinski definition) is 3. The predicted molar refractivity (Wildman–Crippen MR) is 56.8 cm³/mol. The van der Waals surface area contributed by atoms with Crippen LogP contribution in [0.25, 0.3) is 0 Å². The van der Waals surface area contributed by atoms with E-state index in [2.05, 4.69) is 4.72 Å². The highest BCUT2D eigenvalue weighted by Gasteiger charge is 2.65. The van der Waals surface area contributed by atoms with Crippen LogP contribution in [0.1, 0.15) is 33.1 Å². The summed E-state index contributed by atoms with van der Waals surface area (Å²) in [6, 6.07) is 0. The molecule has 86 valence electrons. The fourth-order valence-corrected chi connectivity index (χ4v) is 4.34. The van der Waals surface area contributed by atoms with Crippen molar-refractivity contribution in [2.75, 3.05) is 6.26 Å². The maximum absolute atomic E-state index is 11.9. The molecule has 0 spiro atoms. The van der Waals surface area contributed by atoms with Gasteiger partial charge in [-0.15, -0.1) is 0 Å². The fraction of sp³-hybridized carbons (Fsp3) is 0.900. The van der Waals surface area contributed by atoms with E-state index in [1.807, 2.05) is 13.8 Å². The van der Waals surface area contributed by atoms with Crippen LogP contribution in [0.5, 0.6) is 0 Å². The second-order valence-electron chi connectivity index (χ2n) is 5.36. The first-order valence-electron chi connectivity index (χ1n) is 5.21. The lowest BCUT2D eigenvalue weighted by atomic mass is 9.77. The van der Waals surface area contributed by atoms with Crippen molar-refractivity contribution in [3.8, 4) is 0 Å². The minimum absolute atomic E-state index is 0.0641. The summed E-state index contributed by atoms with van der Waals surface area (Å²) in [5, 5.41) is 0. The number of sulfonamides is 1. The Labute approximate surface area is 90.5 Å². The van der Waals surface area contributed by atoms with Crippen molar-refractivity contribution in [3.63, 3.8) is 0 Å². The summed E-state index contributed by atoms with van der Waals surface area (Å²) in [5.41, 5.74) is -1.07. The number of hydrogen-bond donors (Lipinski definition) is 1. The third-order valence-electron chi connectivity index (χ3n) is 4.26. The van der Waals surface area contributed by atoms with Gasteiger partial charge in [0.15, 0.2) is 5.78 Å². The molecule has 1 unspecified atom stereocenters. The minimum Gasteiger partial charge on any atom is -0.298 e. The lowest BCUT2D eigenvalue weighted by Gasteiger charge is -2.36. The maximum Gasteiger partial charge on any atom is 0.209 e. The molecule has 2 rings (SSSR count). The first-order chi connectivity index (χ1) is 6.69. The zero-order valence-corrected chi connectivity index (χ0v) is 10.1. The molecule has 1 N–H and O–H groups in total. The van der Waals surface area contributed by atoms with Crippen LogP contribution in [-0.4, -0.2) is 26.0 Å². The second-order valence-corrected chi connectivity index (χ2v) is 7.11. The van der Waals surface area contributed by atoms with Crippen LogP contribution >= 0.6 is 0 Å². The van der Waals surface area contributed by atoms with E-state index >= 15 is 0 Å². The highest BCUT2D eigenvalue weighted by atomic mass is 32.2. The van der Waals surface area contributed by atoms with Crippen LogP contribution in [0, 0.1) is 11.3 Å². The Hall–Kier alpha value is -0.420. The van der Waals surface area contributed by atoms with Crippen molar-refractivity contribution >= 4 is 15.8 Å². The number of nitrogens with one attached hydrogen (secondary N) is 1. The van der Waals surface area contributed by atoms with Crippen LogP contribution in [0.2, 0.25) is 0 Å². The molecule has 0 heterocycles. The van der Waals surface area contributed by atoms with Gasteiger partial charge < -0.3 is 0 Å². The molecule has 2 bridgehead atoms. The molecule has 2 saturated carbocycles. The van der Waals surface area contributed by atoms with Gasteiger partial charge in [0, 0.05) is 6.42 Å². The Morgan fingerprint density at radius 3 is 2.33 bits per heavy atom. The molecule has 0 aromatic rings. The molecule has 0 amide bonds. The standard InChI is InChI=1S/C10H17NO3S/c1-9(2)7-4-5-10(9,8(12)6-7)11-15(3,13)14/h7,11H,4-6H2,1-3H3/t7?,10-/m0/s1. The Morgan fingerprint density at radius 1 is 1.40 bits per heavy atom. The molecular formula is C10H17NO3S. The summed E-state index contributed by atoms with van der Waals surface area (Å²) in [6.45, 7) is 3.99. The molecule has 2 aliphatic rings. The van der Waals surface area contributed by atoms with Gasteiger partial charge in [0.1, 0.15) is 0 Å². The van der Waals surface area contributed by atoms with Crippen molar-refractivity contribution in [1.82, 2.24) is 4.72 Å². The predicted octanol–water partition coefficient (Wildman–Crippen LogP) is 0.683. The molecule has 0 aliphatic heterocycles. The number of ketones is 1. The number of carbonyl (C=O) groups excluding carboxylic acids is 1. The average Bonchev–Trinajstić information content (AvgIpc) is 2.34. The first-order valence-corrected chi connectivity index (χ1v) is 7.10. The van der Waals surface area contributed by atoms with Crippen molar-refractivity contribution < 1.29 is 13.2 Å². The molecule has 5 heteroatoms. The van der Waals surface area contributed by atoms with Gasteiger partial charge >= 0.3 is 0 Å². The number of carbonyl (C=O) groups is 1. The molecule has 15 heavy (non-hydrogen) atoms. The fourth-order valence-electron chi connectivity index (χ4n) is 3.23. The minimum atomic E-state index is -3.33. The van der Waals surface area contributed by atoms with Gasteiger partial charge in [0.2, 0.25) is 10.0 Å². The first kappa shape index (κ1) is 11.1. The van der Waals surface area contributed by atoms with E-state index in [9.17, 15) is 13.2 Å². The van der Waals surface area contributed by atoms with Crippen molar-refractivity contribution in [1.29, 1.82) is 0 Å². The third kappa shape index (κ3) is 1.36. The highest BCUT2D eigenvalue weighted by Crippen LogP contribution is 2.58. The zero-order chi connectivity index (χ0) is 11.5. The number of Topliss-reactive ketones (excluding diaryl/α,β-unsaturated/α-hetero) is 1. The summed E-state index contributed by atoms with van der Waals surface area (Å²) in [7, 11) is -3.33. The van der Waals surface area contributed by atoms with Gasteiger partial charge in [0.05, 0.1) is 11.8 Å². The summed E-state index contributed by atoms with van der Waals surface area (Å²) in [5.74, 6) is 0.397. The third-order valence-corrected chi connectivity index (χ3v) is 4.98. The molecular weight excluding hydrogens is 214 g/mol. The lowest BCUT2D eigenvalue weighted by molar-refractivity contribution is -0.124. The van der Waals surface area contributed by atoms with Gasteiger partial charge in [0.25, 0.3) is 0 Å². The molecule has 0 radical (unpaired) electrons. The largest absolute Gasteiger partial charge is 0.298 e. The average molecular weight is 231 g/mol. The number of fused-ring (bicyclic) bond motifs is 2. The molecule has 2 aliphatic carbocycles. The molecule has 0 aromatic heterocycles. The quantitative estimate of drug-likeness (QED) is 0.760. The van der Waals surface area contributed by atoms with E-state index in [1.54, 1.807) is 0 Å². The van der Waals surface area contributed by atoms with Crippen LogP contribution in [-0.2, 0) is 14.8 Å². The monoisotopic (exact) mass is 231 g/mol. The van der Waals surface area contributed by atoms with E-state index in [0.717, 1.165) is 12.7 Å². The zero-order valence-electron chi connectivity index (χ0n) is 9.33. The molecule has 4 nitrogen and oxygen atoms in total. The van der Waals surface area contributed by atoms with Gasteiger partial charge in [-0.2, -0.15) is 0 Å². The molecule has 2 atom stereocenters. The Morgan fingerprint density at radius 2 is 2.00 bits per heavy atom. The topological polar surface area (TPSA) is 63.2 Å². The summed E-state index contributed by atoms with van der Waals surface area (Å²) in [4.78, 5) is 11.9. The van der Waals surface area contributed by atoms with Gasteiger partial charge in [-0.25, -0.2) is 13.1 Å². The van der Waals surface area contributed by atoms with Gasteiger partial charge in [-0.1, -0.05) is 13.8 Å². The van der Waals surface area contributed by atoms with E-state index in [1.165, 1.54) is 0 Å². The lowest BCUT2D eigenvalue weighted by Crippen LogP contribution is -2.57. The normalized spacial score (nSPS) is 38.6. The highest BCUT2D eigenvalue weighted by molar-refractivity contribution is 7.88. The van der Waals surface area contributed by atoms with E-state index in [-0.39, 0.29) is 11.2 Å². The summed E-state index contributed by atoms with van der Waals surface area (Å²) >= 11 is 0. The van der Waals surface area contributed by atoms with Crippen LogP contribution in [0.3, 0.4) is 0 Å². The second kappa shape index (κ2) is 2.83. The van der Waals surface area contributed by atoms with Gasteiger partial charge in [-0.3, -0.25) is 4.79 Å². The van der Waals surface area contributed by atoms with Crippen molar-refractivity contribution in [2.24, 2.45) is 11.3 Å². The van der Waals surface area contributed by atoms with Gasteiger partial charge in [-0.05, 0) is 24.2 Å². The maximum atomic E-state index is 11.9. The van der Waals surface area contributed by atoms with Crippen molar-refractivity contribution in [3.05, 3.63) is 0 Å². The Kier molecular flexibility index (Phi) is 2.09. The molecule has 0 aromatic carbocycles. The molecule has 2 fully saturated rings. The summed E-state index contributed by atoms with van der Waals surface area (Å²) < 4.78 is 25.3. The van der Waals surface area contributed by atoms with Crippen LogP contribution in [0.4, 0.5) is 0 Å². The smallest absolute Gasteiger partial charge is 0.209 e. The van der Waals surface area contributed by atoms with Crippen LogP contribution < -0.4 is 4.72 Å². The van der Waals surface area contributed by atoms with E-state index in [0.29, 0.717) is 18.8 Å². The van der Waals surface area contributed by atoms with E-state index in [4.69, 9.17) is 0 Å². The Balaban J connectivity index is 2.45. The SMILES string of the molecule is CC1(C)C2CC[C@]1(NS(C)(=O)=O)C(=O)C2. The summed E-state index contributed by atoms with van der Waals surface area (Å²) in [6.07, 6.45) is 3.24. The Bertz CT molecular complexity index is 412. The molecule has 0 saturated heterocycles.